The van der Waals surface area contributed by atoms with Crippen LogP contribution in [0.4, 0.5) is 4.79 Å². The molecule has 0 radical (unpaired) electrons. The van der Waals surface area contributed by atoms with E-state index in [-0.39, 0.29) is 19.0 Å². The van der Waals surface area contributed by atoms with Crippen molar-refractivity contribution in [1.82, 2.24) is 10.2 Å². The lowest BCUT2D eigenvalue weighted by atomic mass is 10.1. The van der Waals surface area contributed by atoms with Crippen molar-refractivity contribution in [3.05, 3.63) is 0 Å². The van der Waals surface area contributed by atoms with Gasteiger partial charge in [-0.3, -0.25) is 4.79 Å². The van der Waals surface area contributed by atoms with Crippen molar-refractivity contribution in [3.8, 4) is 0 Å². The van der Waals surface area contributed by atoms with E-state index >= 15 is 0 Å². The number of hydrogen-bond donors (Lipinski definition) is 2. The Kier molecular flexibility index (Phi) is 4.37. The Morgan fingerprint density at radius 3 is 2.47 bits per heavy atom. The molecule has 2 amide bonds. The van der Waals surface area contributed by atoms with E-state index < -0.39 is 5.97 Å². The summed E-state index contributed by atoms with van der Waals surface area (Å²) in [6, 6.07) is -0.156. The summed E-state index contributed by atoms with van der Waals surface area (Å²) < 4.78 is 0. The Hall–Kier alpha value is -1.26. The molecule has 1 unspecified atom stereocenters. The first-order valence-corrected chi connectivity index (χ1v) is 6.11. The summed E-state index contributed by atoms with van der Waals surface area (Å²) in [5.41, 5.74) is 0.353. The largest absolute Gasteiger partial charge is 0.481 e. The van der Waals surface area contributed by atoms with Gasteiger partial charge in [0.1, 0.15) is 0 Å². The molecule has 0 bridgehead atoms. The standard InChI is InChI=1S/C12H22N2O3/c1-4-14(6-5-10(15)16)11(17)13-8-9-7-12(9,2)3/h9H,4-8H2,1-3H3,(H,13,17)(H,15,16). The highest BCUT2D eigenvalue weighted by molar-refractivity contribution is 5.75. The van der Waals surface area contributed by atoms with Crippen LogP contribution in [0, 0.1) is 11.3 Å². The third kappa shape index (κ3) is 4.24. The maximum absolute atomic E-state index is 11.8. The number of aliphatic carboxylic acids is 1. The van der Waals surface area contributed by atoms with Crippen LogP contribution in [0.15, 0.2) is 0 Å². The molecule has 0 aromatic heterocycles. The molecule has 5 nitrogen and oxygen atoms in total. The fourth-order valence-corrected chi connectivity index (χ4v) is 1.88. The van der Waals surface area contributed by atoms with E-state index in [4.69, 9.17) is 5.11 Å². The van der Waals surface area contributed by atoms with Gasteiger partial charge in [0.15, 0.2) is 0 Å². The smallest absolute Gasteiger partial charge is 0.317 e. The third-order valence-corrected chi connectivity index (χ3v) is 3.48. The molecule has 0 heterocycles. The highest BCUT2D eigenvalue weighted by Crippen LogP contribution is 2.50. The molecule has 1 aliphatic carbocycles. The summed E-state index contributed by atoms with van der Waals surface area (Å²) in [4.78, 5) is 23.7. The number of carboxylic acid groups (broad SMARTS) is 1. The normalized spacial score (nSPS) is 20.8. The molecular formula is C12H22N2O3. The molecular weight excluding hydrogens is 220 g/mol. The minimum atomic E-state index is -0.875. The molecule has 17 heavy (non-hydrogen) atoms. The van der Waals surface area contributed by atoms with Crippen molar-refractivity contribution in [3.63, 3.8) is 0 Å². The molecule has 0 aromatic carbocycles. The molecule has 0 spiro atoms. The first-order valence-electron chi connectivity index (χ1n) is 6.11. The molecule has 1 aliphatic rings. The number of urea groups is 1. The van der Waals surface area contributed by atoms with Crippen LogP contribution in [-0.4, -0.2) is 41.6 Å². The van der Waals surface area contributed by atoms with Crippen molar-refractivity contribution in [2.24, 2.45) is 11.3 Å². The van der Waals surface area contributed by atoms with E-state index in [1.807, 2.05) is 6.92 Å². The highest BCUT2D eigenvalue weighted by Gasteiger charge is 2.45. The summed E-state index contributed by atoms with van der Waals surface area (Å²) >= 11 is 0. The van der Waals surface area contributed by atoms with Crippen molar-refractivity contribution in [2.75, 3.05) is 19.6 Å². The number of carbonyl (C=O) groups excluding carboxylic acids is 1. The maximum atomic E-state index is 11.8. The first-order chi connectivity index (χ1) is 7.86. The van der Waals surface area contributed by atoms with Gasteiger partial charge in [-0.15, -0.1) is 0 Å². The highest BCUT2D eigenvalue weighted by atomic mass is 16.4. The molecule has 0 aliphatic heterocycles. The van der Waals surface area contributed by atoms with Crippen LogP contribution >= 0.6 is 0 Å². The predicted molar refractivity (Wildman–Crippen MR) is 64.8 cm³/mol. The Labute approximate surface area is 102 Å². The van der Waals surface area contributed by atoms with E-state index in [9.17, 15) is 9.59 Å². The van der Waals surface area contributed by atoms with Crippen LogP contribution in [0.1, 0.15) is 33.6 Å². The van der Waals surface area contributed by atoms with Gasteiger partial charge in [0.25, 0.3) is 0 Å². The van der Waals surface area contributed by atoms with Crippen molar-refractivity contribution < 1.29 is 14.7 Å². The van der Waals surface area contributed by atoms with Crippen LogP contribution in [-0.2, 0) is 4.79 Å². The minimum absolute atomic E-state index is 0.00379. The number of hydrogen-bond acceptors (Lipinski definition) is 2. The summed E-state index contributed by atoms with van der Waals surface area (Å²) in [7, 11) is 0. The zero-order valence-electron chi connectivity index (χ0n) is 10.8. The number of carbonyl (C=O) groups is 2. The van der Waals surface area contributed by atoms with Gasteiger partial charge in [-0.2, -0.15) is 0 Å². The van der Waals surface area contributed by atoms with Crippen LogP contribution in [0.5, 0.6) is 0 Å². The molecule has 1 atom stereocenters. The number of carboxylic acids is 1. The van der Waals surface area contributed by atoms with Gasteiger partial charge in [0, 0.05) is 19.6 Å². The van der Waals surface area contributed by atoms with Crippen molar-refractivity contribution in [1.29, 1.82) is 0 Å². The molecule has 5 heteroatoms. The van der Waals surface area contributed by atoms with Gasteiger partial charge in [-0.05, 0) is 24.7 Å². The number of nitrogens with one attached hydrogen (secondary N) is 1. The van der Waals surface area contributed by atoms with Crippen LogP contribution in [0.2, 0.25) is 0 Å². The lowest BCUT2D eigenvalue weighted by Crippen LogP contribution is -2.41. The molecule has 1 rings (SSSR count). The van der Waals surface area contributed by atoms with Gasteiger partial charge in [0.2, 0.25) is 0 Å². The first kappa shape index (κ1) is 13.8. The van der Waals surface area contributed by atoms with Gasteiger partial charge in [0.05, 0.1) is 6.42 Å². The van der Waals surface area contributed by atoms with Gasteiger partial charge < -0.3 is 15.3 Å². The van der Waals surface area contributed by atoms with E-state index in [2.05, 4.69) is 19.2 Å². The summed E-state index contributed by atoms with van der Waals surface area (Å²) in [6.45, 7) is 7.72. The Morgan fingerprint density at radius 2 is 2.06 bits per heavy atom. The van der Waals surface area contributed by atoms with Gasteiger partial charge >= 0.3 is 12.0 Å². The average molecular weight is 242 g/mol. The fraction of sp³-hybridized carbons (Fsp3) is 0.833. The maximum Gasteiger partial charge on any atom is 0.317 e. The summed E-state index contributed by atoms with van der Waals surface area (Å²) in [5, 5.41) is 11.4. The van der Waals surface area contributed by atoms with Crippen LogP contribution in [0.3, 0.4) is 0 Å². The molecule has 2 N–H and O–H groups in total. The quantitative estimate of drug-likeness (QED) is 0.742. The second-order valence-corrected chi connectivity index (χ2v) is 5.30. The van der Waals surface area contributed by atoms with E-state index in [1.54, 1.807) is 0 Å². The van der Waals surface area contributed by atoms with Gasteiger partial charge in [-0.25, -0.2) is 4.79 Å². The van der Waals surface area contributed by atoms with Gasteiger partial charge in [-0.1, -0.05) is 13.8 Å². The van der Waals surface area contributed by atoms with E-state index in [0.29, 0.717) is 24.4 Å². The molecule has 0 saturated heterocycles. The minimum Gasteiger partial charge on any atom is -0.481 e. The number of nitrogens with zero attached hydrogens (tertiary/aromatic N) is 1. The monoisotopic (exact) mass is 242 g/mol. The zero-order valence-corrected chi connectivity index (χ0v) is 10.8. The molecule has 98 valence electrons. The topological polar surface area (TPSA) is 69.6 Å². The second-order valence-electron chi connectivity index (χ2n) is 5.30. The SMILES string of the molecule is CCN(CCC(=O)O)C(=O)NCC1CC1(C)C. The lowest BCUT2D eigenvalue weighted by Gasteiger charge is -2.20. The van der Waals surface area contributed by atoms with E-state index in [0.717, 1.165) is 6.42 Å². The lowest BCUT2D eigenvalue weighted by molar-refractivity contribution is -0.137. The average Bonchev–Trinajstić information content (AvgIpc) is 2.84. The molecule has 0 aromatic rings. The third-order valence-electron chi connectivity index (χ3n) is 3.48. The fourth-order valence-electron chi connectivity index (χ4n) is 1.88. The van der Waals surface area contributed by atoms with E-state index in [1.165, 1.54) is 4.90 Å². The molecule has 1 saturated carbocycles. The Morgan fingerprint density at radius 1 is 1.47 bits per heavy atom. The zero-order chi connectivity index (χ0) is 13.1. The predicted octanol–water partition coefficient (Wildman–Crippen LogP) is 1.54. The Bertz CT molecular complexity index is 302. The number of amides is 2. The second kappa shape index (κ2) is 5.38. The van der Waals surface area contributed by atoms with Crippen LogP contribution in [0.25, 0.3) is 0 Å². The van der Waals surface area contributed by atoms with Crippen LogP contribution < -0.4 is 5.32 Å². The Balaban J connectivity index is 2.26. The summed E-state index contributed by atoms with van der Waals surface area (Å²) in [6.07, 6.45) is 1.14. The van der Waals surface area contributed by atoms with Crippen molar-refractivity contribution >= 4 is 12.0 Å². The summed E-state index contributed by atoms with van der Waals surface area (Å²) in [5.74, 6) is -0.316. The van der Waals surface area contributed by atoms with Crippen molar-refractivity contribution in [2.45, 2.75) is 33.6 Å². The number of rotatable bonds is 6. The molecule has 1 fully saturated rings.